The second kappa shape index (κ2) is 5.11. The minimum atomic E-state index is 0.125. The van der Waals surface area contributed by atoms with Gasteiger partial charge in [-0.25, -0.2) is 0 Å². The Kier molecular flexibility index (Phi) is 3.33. The van der Waals surface area contributed by atoms with Gasteiger partial charge >= 0.3 is 0 Å². The van der Waals surface area contributed by atoms with Gasteiger partial charge < -0.3 is 5.11 Å². The van der Waals surface area contributed by atoms with E-state index < -0.39 is 0 Å². The highest BCUT2D eigenvalue weighted by Gasteiger charge is 2.15. The van der Waals surface area contributed by atoms with Crippen LogP contribution in [0.15, 0.2) is 36.4 Å². The molecule has 0 bridgehead atoms. The van der Waals surface area contributed by atoms with Crippen LogP contribution in [0.3, 0.4) is 0 Å². The maximum atomic E-state index is 9.16. The molecule has 0 heterocycles. The minimum absolute atomic E-state index is 0.125. The van der Waals surface area contributed by atoms with Crippen molar-refractivity contribution < 1.29 is 5.11 Å². The maximum Gasteiger partial charge on any atom is 0.0682 e. The van der Waals surface area contributed by atoms with E-state index >= 15 is 0 Å². The molecule has 0 atom stereocenters. The average Bonchev–Trinajstić information content (AvgIpc) is 2.47. The number of hydrogen-bond donors (Lipinski definition) is 1. The summed E-state index contributed by atoms with van der Waals surface area (Å²) in [6.07, 6.45) is 6.86. The average molecular weight is 240 g/mol. The molecule has 2 aromatic carbocycles. The van der Waals surface area contributed by atoms with E-state index in [1.54, 1.807) is 0 Å². The molecule has 0 unspecified atom stereocenters. The SMILES string of the molecule is OCc1ccc2cc(C3CCCCC3)ccc2c1. The van der Waals surface area contributed by atoms with Crippen molar-refractivity contribution in [3.8, 4) is 0 Å². The van der Waals surface area contributed by atoms with E-state index in [-0.39, 0.29) is 6.61 Å². The zero-order chi connectivity index (χ0) is 12.4. The molecule has 94 valence electrons. The molecule has 1 saturated carbocycles. The van der Waals surface area contributed by atoms with Gasteiger partial charge in [0.15, 0.2) is 0 Å². The minimum Gasteiger partial charge on any atom is -0.392 e. The van der Waals surface area contributed by atoms with Gasteiger partial charge in [-0.1, -0.05) is 49.6 Å². The Morgan fingerprint density at radius 2 is 1.61 bits per heavy atom. The van der Waals surface area contributed by atoms with Crippen molar-refractivity contribution in [3.05, 3.63) is 47.5 Å². The second-order valence-electron chi connectivity index (χ2n) is 5.43. The van der Waals surface area contributed by atoms with Crippen LogP contribution < -0.4 is 0 Å². The first kappa shape index (κ1) is 11.7. The van der Waals surface area contributed by atoms with Crippen molar-refractivity contribution in [1.82, 2.24) is 0 Å². The second-order valence-corrected chi connectivity index (χ2v) is 5.43. The lowest BCUT2D eigenvalue weighted by molar-refractivity contribution is 0.282. The zero-order valence-corrected chi connectivity index (χ0v) is 10.7. The molecule has 1 nitrogen and oxygen atoms in total. The smallest absolute Gasteiger partial charge is 0.0682 e. The third-order valence-corrected chi connectivity index (χ3v) is 4.19. The predicted molar refractivity (Wildman–Crippen MR) is 75.7 cm³/mol. The summed E-state index contributed by atoms with van der Waals surface area (Å²) in [5.41, 5.74) is 2.49. The Bertz CT molecular complexity index is 538. The maximum absolute atomic E-state index is 9.16. The standard InChI is InChI=1S/C17H20O/c18-12-13-6-7-17-11-16(9-8-15(17)10-13)14-4-2-1-3-5-14/h6-11,14,18H,1-5,12H2. The lowest BCUT2D eigenvalue weighted by Crippen LogP contribution is -2.04. The molecule has 0 radical (unpaired) electrons. The van der Waals surface area contributed by atoms with E-state index in [1.165, 1.54) is 48.4 Å². The Morgan fingerprint density at radius 1 is 0.889 bits per heavy atom. The van der Waals surface area contributed by atoms with Crippen molar-refractivity contribution >= 4 is 10.8 Å². The van der Waals surface area contributed by atoms with Gasteiger partial charge in [-0.2, -0.15) is 0 Å². The topological polar surface area (TPSA) is 20.2 Å². The third-order valence-electron chi connectivity index (χ3n) is 4.19. The van der Waals surface area contributed by atoms with E-state index in [0.29, 0.717) is 0 Å². The molecule has 0 amide bonds. The fraction of sp³-hybridized carbons (Fsp3) is 0.412. The molecule has 2 aromatic rings. The van der Waals surface area contributed by atoms with Gasteiger partial charge in [-0.15, -0.1) is 0 Å². The van der Waals surface area contributed by atoms with E-state index in [4.69, 9.17) is 5.11 Å². The fourth-order valence-electron chi connectivity index (χ4n) is 3.10. The van der Waals surface area contributed by atoms with Crippen LogP contribution in [0.5, 0.6) is 0 Å². The van der Waals surface area contributed by atoms with Crippen molar-refractivity contribution in [2.24, 2.45) is 0 Å². The first-order chi connectivity index (χ1) is 8.86. The van der Waals surface area contributed by atoms with Gasteiger partial charge in [0.25, 0.3) is 0 Å². The van der Waals surface area contributed by atoms with E-state index in [9.17, 15) is 0 Å². The molecule has 1 heteroatoms. The largest absolute Gasteiger partial charge is 0.392 e. The summed E-state index contributed by atoms with van der Waals surface area (Å²) in [5.74, 6) is 0.765. The van der Waals surface area contributed by atoms with Crippen LogP contribution in [0.1, 0.15) is 49.1 Å². The third kappa shape index (κ3) is 2.28. The number of fused-ring (bicyclic) bond motifs is 1. The highest BCUT2D eigenvalue weighted by Crippen LogP contribution is 2.34. The van der Waals surface area contributed by atoms with Crippen molar-refractivity contribution in [2.75, 3.05) is 0 Å². The Labute approximate surface area is 108 Å². The highest BCUT2D eigenvalue weighted by atomic mass is 16.3. The molecule has 1 aliphatic rings. The molecule has 0 aliphatic heterocycles. The normalized spacial score (nSPS) is 17.2. The van der Waals surface area contributed by atoms with Gasteiger partial charge in [0.2, 0.25) is 0 Å². The predicted octanol–water partition coefficient (Wildman–Crippen LogP) is 4.38. The number of hydrogen-bond acceptors (Lipinski definition) is 1. The van der Waals surface area contributed by atoms with Gasteiger partial charge in [-0.05, 0) is 46.7 Å². The molecule has 18 heavy (non-hydrogen) atoms. The molecule has 1 N–H and O–H groups in total. The highest BCUT2D eigenvalue weighted by molar-refractivity contribution is 5.84. The Morgan fingerprint density at radius 3 is 2.39 bits per heavy atom. The summed E-state index contributed by atoms with van der Waals surface area (Å²) < 4.78 is 0. The van der Waals surface area contributed by atoms with E-state index in [1.807, 2.05) is 6.07 Å². The number of aliphatic hydroxyl groups excluding tert-OH is 1. The van der Waals surface area contributed by atoms with Crippen LogP contribution in [-0.2, 0) is 6.61 Å². The van der Waals surface area contributed by atoms with Gasteiger partial charge in [0.05, 0.1) is 6.61 Å². The van der Waals surface area contributed by atoms with Gasteiger partial charge in [0, 0.05) is 0 Å². The van der Waals surface area contributed by atoms with Gasteiger partial charge in [0.1, 0.15) is 0 Å². The van der Waals surface area contributed by atoms with Crippen molar-refractivity contribution in [3.63, 3.8) is 0 Å². The summed E-state index contributed by atoms with van der Waals surface area (Å²) in [7, 11) is 0. The Balaban J connectivity index is 1.95. The molecule has 3 rings (SSSR count). The number of aliphatic hydroxyl groups is 1. The van der Waals surface area contributed by atoms with Crippen LogP contribution in [0.4, 0.5) is 0 Å². The molecule has 0 spiro atoms. The first-order valence-electron chi connectivity index (χ1n) is 7.00. The van der Waals surface area contributed by atoms with E-state index in [2.05, 4.69) is 30.3 Å². The number of rotatable bonds is 2. The van der Waals surface area contributed by atoms with E-state index in [0.717, 1.165) is 11.5 Å². The molecule has 1 aliphatic carbocycles. The molecule has 0 aromatic heterocycles. The fourth-order valence-corrected chi connectivity index (χ4v) is 3.10. The quantitative estimate of drug-likeness (QED) is 0.826. The lowest BCUT2D eigenvalue weighted by Gasteiger charge is -2.22. The monoisotopic (exact) mass is 240 g/mol. The van der Waals surface area contributed by atoms with Crippen molar-refractivity contribution in [2.45, 2.75) is 44.6 Å². The lowest BCUT2D eigenvalue weighted by atomic mass is 9.83. The first-order valence-corrected chi connectivity index (χ1v) is 7.00. The van der Waals surface area contributed by atoms with Crippen LogP contribution in [0.25, 0.3) is 10.8 Å². The van der Waals surface area contributed by atoms with Crippen LogP contribution in [-0.4, -0.2) is 5.11 Å². The van der Waals surface area contributed by atoms with Crippen LogP contribution in [0, 0.1) is 0 Å². The molecular formula is C17H20O. The summed E-state index contributed by atoms with van der Waals surface area (Å²) >= 11 is 0. The van der Waals surface area contributed by atoms with Gasteiger partial charge in [-0.3, -0.25) is 0 Å². The molecule has 1 fully saturated rings. The molecule has 0 saturated heterocycles. The summed E-state index contributed by atoms with van der Waals surface area (Å²) in [6, 6.07) is 13.1. The summed E-state index contributed by atoms with van der Waals surface area (Å²) in [6.45, 7) is 0.125. The zero-order valence-electron chi connectivity index (χ0n) is 10.7. The van der Waals surface area contributed by atoms with Crippen LogP contribution >= 0.6 is 0 Å². The summed E-state index contributed by atoms with van der Waals surface area (Å²) in [5, 5.41) is 11.7. The Hall–Kier alpha value is -1.34. The number of benzene rings is 2. The van der Waals surface area contributed by atoms with Crippen molar-refractivity contribution in [1.29, 1.82) is 0 Å². The van der Waals surface area contributed by atoms with Crippen LogP contribution in [0.2, 0.25) is 0 Å². The summed E-state index contributed by atoms with van der Waals surface area (Å²) in [4.78, 5) is 0. The molecular weight excluding hydrogens is 220 g/mol.